The molecule has 0 fully saturated rings. The van der Waals surface area contributed by atoms with Gasteiger partial charge in [0.1, 0.15) is 11.4 Å². The van der Waals surface area contributed by atoms with E-state index in [1.165, 1.54) is 13.2 Å². The van der Waals surface area contributed by atoms with E-state index < -0.39 is 17.1 Å². The number of aromatic nitrogens is 2. The molecular formula is C14H17N7O3. The van der Waals surface area contributed by atoms with Gasteiger partial charge in [-0.1, -0.05) is 12.1 Å². The summed E-state index contributed by atoms with van der Waals surface area (Å²) in [5.74, 6) is 4.30. The lowest BCUT2D eigenvalue weighted by Gasteiger charge is -2.11. The molecule has 0 aliphatic rings. The Hall–Kier alpha value is -3.53. The van der Waals surface area contributed by atoms with Crippen LogP contribution >= 0.6 is 0 Å². The lowest BCUT2D eigenvalue weighted by molar-refractivity contribution is 0.443. The van der Waals surface area contributed by atoms with E-state index in [1.807, 2.05) is 0 Å². The second-order valence-corrected chi connectivity index (χ2v) is 4.82. The van der Waals surface area contributed by atoms with E-state index in [2.05, 4.69) is 15.7 Å². The minimum atomic E-state index is -0.786. The SMILES string of the molecule is Cn1c(=O)[nH]c(O)c(C(=N)Nc2ccc(/C(=C/N)NN)cc2)c1=O. The van der Waals surface area contributed by atoms with Gasteiger partial charge in [-0.15, -0.1) is 0 Å². The van der Waals surface area contributed by atoms with E-state index >= 15 is 0 Å². The Balaban J connectivity index is 2.30. The highest BCUT2D eigenvalue weighted by atomic mass is 16.3. The van der Waals surface area contributed by atoms with E-state index in [1.54, 1.807) is 24.3 Å². The van der Waals surface area contributed by atoms with Crippen LogP contribution in [0.4, 0.5) is 5.69 Å². The van der Waals surface area contributed by atoms with Crippen LogP contribution in [0.15, 0.2) is 40.1 Å². The molecule has 10 heteroatoms. The highest BCUT2D eigenvalue weighted by Crippen LogP contribution is 2.16. The molecule has 24 heavy (non-hydrogen) atoms. The van der Waals surface area contributed by atoms with Crippen molar-refractivity contribution in [2.24, 2.45) is 18.6 Å². The van der Waals surface area contributed by atoms with Crippen molar-refractivity contribution in [3.8, 4) is 5.88 Å². The molecule has 10 nitrogen and oxygen atoms in total. The van der Waals surface area contributed by atoms with Gasteiger partial charge < -0.3 is 21.6 Å². The van der Waals surface area contributed by atoms with Gasteiger partial charge in [-0.2, -0.15) is 0 Å². The molecule has 0 spiro atoms. The number of rotatable bonds is 4. The Bertz CT molecular complexity index is 909. The zero-order chi connectivity index (χ0) is 17.9. The maximum absolute atomic E-state index is 12.0. The van der Waals surface area contributed by atoms with Gasteiger partial charge in [0.15, 0.2) is 0 Å². The van der Waals surface area contributed by atoms with Crippen molar-refractivity contribution < 1.29 is 5.11 Å². The van der Waals surface area contributed by atoms with Gasteiger partial charge in [-0.3, -0.25) is 25.6 Å². The van der Waals surface area contributed by atoms with Crippen LogP contribution in [0, 0.1) is 5.41 Å². The molecule has 126 valence electrons. The average Bonchev–Trinajstić information content (AvgIpc) is 2.55. The minimum absolute atomic E-state index is 0.340. The van der Waals surface area contributed by atoms with Crippen LogP contribution in [-0.2, 0) is 7.05 Å². The molecule has 1 heterocycles. The second-order valence-electron chi connectivity index (χ2n) is 4.82. The van der Waals surface area contributed by atoms with Gasteiger partial charge in [0, 0.05) is 24.5 Å². The van der Waals surface area contributed by atoms with Crippen molar-refractivity contribution in [2.45, 2.75) is 0 Å². The van der Waals surface area contributed by atoms with Crippen molar-refractivity contribution in [3.05, 3.63) is 62.4 Å². The second kappa shape index (κ2) is 6.71. The summed E-state index contributed by atoms with van der Waals surface area (Å²) in [7, 11) is 1.24. The zero-order valence-electron chi connectivity index (χ0n) is 12.8. The lowest BCUT2D eigenvalue weighted by atomic mass is 10.1. The first-order valence-electron chi connectivity index (χ1n) is 6.76. The van der Waals surface area contributed by atoms with Crippen LogP contribution in [-0.4, -0.2) is 20.5 Å². The quantitative estimate of drug-likeness (QED) is 0.162. The first-order chi connectivity index (χ1) is 11.4. The zero-order valence-corrected chi connectivity index (χ0v) is 12.8. The number of H-pyrrole nitrogens is 1. The molecule has 0 unspecified atom stereocenters. The fourth-order valence-corrected chi connectivity index (χ4v) is 2.00. The molecule has 2 rings (SSSR count). The van der Waals surface area contributed by atoms with Crippen molar-refractivity contribution >= 4 is 17.2 Å². The van der Waals surface area contributed by atoms with Gasteiger partial charge in [-0.05, 0) is 12.1 Å². The topological polar surface area (TPSA) is 175 Å². The largest absolute Gasteiger partial charge is 0.494 e. The fourth-order valence-electron chi connectivity index (χ4n) is 2.00. The van der Waals surface area contributed by atoms with Crippen LogP contribution in [0.25, 0.3) is 5.70 Å². The molecule has 9 N–H and O–H groups in total. The number of hydrogen-bond donors (Lipinski definition) is 7. The number of aromatic hydroxyl groups is 1. The van der Waals surface area contributed by atoms with Crippen LogP contribution in [0.2, 0.25) is 0 Å². The monoisotopic (exact) mass is 331 g/mol. The van der Waals surface area contributed by atoms with Gasteiger partial charge >= 0.3 is 5.69 Å². The molecule has 0 amide bonds. The average molecular weight is 331 g/mol. The highest BCUT2D eigenvalue weighted by molar-refractivity contribution is 6.07. The molecule has 0 aliphatic heterocycles. The van der Waals surface area contributed by atoms with Gasteiger partial charge in [-0.25, -0.2) is 4.79 Å². The molecule has 0 saturated carbocycles. The number of nitrogens with two attached hydrogens (primary N) is 2. The standard InChI is InChI=1S/C14H17N7O3/c1-21-13(23)10(12(22)19-14(21)24)11(16)18-8-4-2-7(3-5-8)9(6-15)20-17/h2-6,20,22H,15,17H2,1H3,(H2,16,18)(H,19,24)/b9-6-. The molecule has 0 atom stereocenters. The summed E-state index contributed by atoms with van der Waals surface area (Å²) in [4.78, 5) is 25.5. The molecule has 0 radical (unpaired) electrons. The van der Waals surface area contributed by atoms with Crippen LogP contribution in [0.3, 0.4) is 0 Å². The summed E-state index contributed by atoms with van der Waals surface area (Å²) in [5.41, 5.74) is 7.70. The Morgan fingerprint density at radius 3 is 2.50 bits per heavy atom. The third kappa shape index (κ3) is 3.13. The fraction of sp³-hybridized carbons (Fsp3) is 0.0714. The first kappa shape index (κ1) is 16.8. The van der Waals surface area contributed by atoms with E-state index in [0.29, 0.717) is 11.4 Å². The number of amidine groups is 1. The minimum Gasteiger partial charge on any atom is -0.494 e. The molecule has 0 aliphatic carbocycles. The molecule has 0 saturated heterocycles. The Labute approximate surface area is 135 Å². The number of nitrogens with zero attached hydrogens (tertiary/aromatic N) is 1. The first-order valence-corrected chi connectivity index (χ1v) is 6.76. The van der Waals surface area contributed by atoms with Gasteiger partial charge in [0.2, 0.25) is 5.88 Å². The summed E-state index contributed by atoms with van der Waals surface area (Å²) >= 11 is 0. The maximum atomic E-state index is 12.0. The molecule has 1 aromatic heterocycles. The predicted molar refractivity (Wildman–Crippen MR) is 90.3 cm³/mol. The third-order valence-corrected chi connectivity index (χ3v) is 3.32. The lowest BCUT2D eigenvalue weighted by Crippen LogP contribution is -2.37. The van der Waals surface area contributed by atoms with Crippen LogP contribution in [0.1, 0.15) is 11.1 Å². The molecular weight excluding hydrogens is 314 g/mol. The number of benzene rings is 1. The number of nitrogens with one attached hydrogen (secondary N) is 4. The highest BCUT2D eigenvalue weighted by Gasteiger charge is 2.16. The number of hydrogen-bond acceptors (Lipinski definition) is 7. The van der Waals surface area contributed by atoms with Gasteiger partial charge in [0.25, 0.3) is 5.56 Å². The molecule has 2 aromatic rings. The predicted octanol–water partition coefficient (Wildman–Crippen LogP) is -1.06. The van der Waals surface area contributed by atoms with E-state index in [9.17, 15) is 14.7 Å². The molecule has 0 bridgehead atoms. The Morgan fingerprint density at radius 1 is 1.33 bits per heavy atom. The third-order valence-electron chi connectivity index (χ3n) is 3.32. The summed E-state index contributed by atoms with van der Waals surface area (Å²) in [6, 6.07) is 6.66. The van der Waals surface area contributed by atoms with Crippen LogP contribution in [0.5, 0.6) is 5.88 Å². The van der Waals surface area contributed by atoms with E-state index in [-0.39, 0.29) is 11.4 Å². The normalized spacial score (nSPS) is 11.2. The Morgan fingerprint density at radius 2 is 1.96 bits per heavy atom. The smallest absolute Gasteiger partial charge is 0.330 e. The number of anilines is 1. The summed E-state index contributed by atoms with van der Waals surface area (Å²) in [6.45, 7) is 0. The van der Waals surface area contributed by atoms with Crippen LogP contribution < -0.4 is 33.6 Å². The van der Waals surface area contributed by atoms with Crippen molar-refractivity contribution in [1.82, 2.24) is 15.0 Å². The summed E-state index contributed by atoms with van der Waals surface area (Å²) < 4.78 is 0.764. The van der Waals surface area contributed by atoms with E-state index in [0.717, 1.165) is 10.1 Å². The van der Waals surface area contributed by atoms with E-state index in [4.69, 9.17) is 17.0 Å². The summed E-state index contributed by atoms with van der Waals surface area (Å²) in [5, 5.41) is 20.4. The summed E-state index contributed by atoms with van der Waals surface area (Å²) in [6.07, 6.45) is 1.31. The number of aromatic amines is 1. The van der Waals surface area contributed by atoms with Crippen molar-refractivity contribution in [2.75, 3.05) is 5.32 Å². The number of hydrazine groups is 1. The van der Waals surface area contributed by atoms with Crippen molar-refractivity contribution in [3.63, 3.8) is 0 Å². The Kier molecular flexibility index (Phi) is 4.70. The van der Waals surface area contributed by atoms with Gasteiger partial charge in [0.05, 0.1) is 5.70 Å². The maximum Gasteiger partial charge on any atom is 0.330 e. The molecule has 1 aromatic carbocycles. The van der Waals surface area contributed by atoms with Crippen molar-refractivity contribution in [1.29, 1.82) is 5.41 Å².